The number of nitrogens with zero attached hydrogens (tertiary/aromatic N) is 2. The van der Waals surface area contributed by atoms with E-state index in [9.17, 15) is 0 Å². The molecule has 0 radical (unpaired) electrons. The number of fused-ring (bicyclic) bond motifs is 3. The van der Waals surface area contributed by atoms with E-state index in [0.29, 0.717) is 0 Å². The van der Waals surface area contributed by atoms with Gasteiger partial charge in [0, 0.05) is 0 Å². The number of hydrogen-bond acceptors (Lipinski definition) is 0. The van der Waals surface area contributed by atoms with Gasteiger partial charge in [-0.15, -0.1) is 11.4 Å². The first-order valence-corrected chi connectivity index (χ1v) is 10.3. The minimum Gasteiger partial charge on any atom is -0.674 e. The smallest absolute Gasteiger partial charge is 0.674 e. The van der Waals surface area contributed by atoms with E-state index in [1.807, 2.05) is 12.1 Å². The number of hydrogen-bond donors (Lipinski definition) is 0. The predicted molar refractivity (Wildman–Crippen MR) is 126 cm³/mol. The van der Waals surface area contributed by atoms with Gasteiger partial charge in [0.1, 0.15) is 0 Å². The van der Waals surface area contributed by atoms with E-state index in [4.69, 9.17) is 10.6 Å². The van der Waals surface area contributed by atoms with E-state index in [1.54, 1.807) is 0 Å². The van der Waals surface area contributed by atoms with E-state index in [2.05, 4.69) is 97.1 Å². The molecule has 0 amide bonds. The number of para-hydroxylation sites is 2. The number of benzene rings is 4. The van der Waals surface area contributed by atoms with Crippen molar-refractivity contribution in [2.75, 3.05) is 0 Å². The monoisotopic (exact) mass is 398 g/mol. The molecule has 0 spiro atoms. The molecule has 0 aliphatic carbocycles. The van der Waals surface area contributed by atoms with Gasteiger partial charge in [0.15, 0.2) is 0 Å². The zero-order valence-corrected chi connectivity index (χ0v) is 18.4. The summed E-state index contributed by atoms with van der Waals surface area (Å²) >= 11 is 0. The van der Waals surface area contributed by atoms with E-state index in [1.165, 1.54) is 33.0 Å². The summed E-state index contributed by atoms with van der Waals surface area (Å²) in [7, 11) is 0. The van der Waals surface area contributed by atoms with Crippen LogP contribution in [0.2, 0.25) is 0 Å². The van der Waals surface area contributed by atoms with Crippen LogP contribution in [0.4, 0.5) is 11.4 Å². The summed E-state index contributed by atoms with van der Waals surface area (Å²) in [6, 6.07) is 30.0. The third-order valence-corrected chi connectivity index (χ3v) is 5.92. The molecule has 2 aliphatic heterocycles. The van der Waals surface area contributed by atoms with Gasteiger partial charge in [0.05, 0.1) is 0 Å². The minimum atomic E-state index is 0. The summed E-state index contributed by atoms with van der Waals surface area (Å²) in [6.07, 6.45) is 8.72. The molecular formula is C28H20Li2N2. The molecule has 0 aromatic heterocycles. The molecule has 32 heavy (non-hydrogen) atoms. The van der Waals surface area contributed by atoms with Gasteiger partial charge in [-0.05, 0) is 21.9 Å². The van der Waals surface area contributed by atoms with Crippen LogP contribution in [0.3, 0.4) is 0 Å². The Morgan fingerprint density at radius 1 is 0.500 bits per heavy atom. The third kappa shape index (κ3) is 4.21. The summed E-state index contributed by atoms with van der Waals surface area (Å²) in [5.74, 6) is 0. The van der Waals surface area contributed by atoms with Crippen molar-refractivity contribution >= 4 is 34.3 Å². The fraction of sp³-hybridized carbons (Fsp3) is 0.0714. The molecule has 0 bridgehead atoms. The van der Waals surface area contributed by atoms with Gasteiger partial charge in [0.2, 0.25) is 0 Å². The van der Waals surface area contributed by atoms with Gasteiger partial charge >= 0.3 is 37.7 Å². The van der Waals surface area contributed by atoms with E-state index in [0.717, 1.165) is 11.4 Å². The van der Waals surface area contributed by atoms with Crippen LogP contribution in [0.5, 0.6) is 0 Å². The summed E-state index contributed by atoms with van der Waals surface area (Å²) in [6.45, 7) is 0. The molecular weight excluding hydrogens is 378 g/mol. The maximum Gasteiger partial charge on any atom is 1.00 e. The molecule has 0 saturated carbocycles. The van der Waals surface area contributed by atoms with Crippen molar-refractivity contribution in [3.05, 3.63) is 130 Å². The van der Waals surface area contributed by atoms with Crippen LogP contribution in [0.1, 0.15) is 34.3 Å². The Morgan fingerprint density at radius 3 is 1.47 bits per heavy atom. The fourth-order valence-electron chi connectivity index (χ4n) is 4.29. The van der Waals surface area contributed by atoms with Gasteiger partial charge in [-0.2, -0.15) is 0 Å². The minimum absolute atomic E-state index is 0. The Balaban J connectivity index is 0.00000122. The Labute approximate surface area is 213 Å². The van der Waals surface area contributed by atoms with Gasteiger partial charge in [-0.25, -0.2) is 0 Å². The van der Waals surface area contributed by atoms with Gasteiger partial charge in [-0.3, -0.25) is 0 Å². The average molecular weight is 398 g/mol. The Bertz CT molecular complexity index is 1230. The van der Waals surface area contributed by atoms with Crippen molar-refractivity contribution in [1.82, 2.24) is 0 Å². The van der Waals surface area contributed by atoms with Crippen molar-refractivity contribution in [2.45, 2.75) is 12.1 Å². The first-order chi connectivity index (χ1) is 14.8. The zero-order valence-electron chi connectivity index (χ0n) is 18.4. The molecule has 4 aromatic rings. The van der Waals surface area contributed by atoms with Crippen molar-refractivity contribution < 1.29 is 37.7 Å². The van der Waals surface area contributed by atoms with Crippen LogP contribution in [-0.2, 0) is 0 Å². The molecule has 0 N–H and O–H groups in total. The topological polar surface area (TPSA) is 28.2 Å². The van der Waals surface area contributed by atoms with Gasteiger partial charge < -0.3 is 10.6 Å². The zero-order chi connectivity index (χ0) is 19.9. The first-order valence-electron chi connectivity index (χ1n) is 10.3. The number of rotatable bonds is 2. The molecule has 4 heteroatoms. The molecule has 4 aromatic carbocycles. The standard InChI is InChI=1S/C28H20N2.2Li/c1-3-7-25-20(5-1)13-15-27(29-25)22-11-9-19-10-12-23(18-24(19)17-22)28-16-14-21-6-2-4-8-26(21)30-28;;/h1-18,27-28H;;/q-2;2*+1. The maximum atomic E-state index is 4.94. The van der Waals surface area contributed by atoms with Crippen molar-refractivity contribution in [2.24, 2.45) is 0 Å². The predicted octanol–water partition coefficient (Wildman–Crippen LogP) is 2.39. The SMILES string of the molecule is C1=CC(c2ccc3ccc(C4C=Cc5ccccc5[N-]4)cc3c2)[N-]c2ccccc21.[Li+].[Li+]. The largest absolute Gasteiger partial charge is 1.00 e. The molecule has 2 atom stereocenters. The molecule has 2 aliphatic rings. The van der Waals surface area contributed by atoms with Crippen LogP contribution in [0.15, 0.2) is 97.1 Å². The van der Waals surface area contributed by atoms with Crippen LogP contribution in [0, 0.1) is 0 Å². The van der Waals surface area contributed by atoms with E-state index >= 15 is 0 Å². The Morgan fingerprint density at radius 2 is 0.969 bits per heavy atom. The fourth-order valence-corrected chi connectivity index (χ4v) is 4.29. The van der Waals surface area contributed by atoms with Crippen LogP contribution >= 0.6 is 0 Å². The summed E-state index contributed by atoms with van der Waals surface area (Å²) < 4.78 is 0. The molecule has 2 heterocycles. The van der Waals surface area contributed by atoms with Crippen molar-refractivity contribution in [1.29, 1.82) is 0 Å². The second-order valence-corrected chi connectivity index (χ2v) is 7.85. The maximum absolute atomic E-state index is 4.94. The van der Waals surface area contributed by atoms with Crippen LogP contribution in [-0.4, -0.2) is 0 Å². The first kappa shape index (κ1) is 22.6. The summed E-state index contributed by atoms with van der Waals surface area (Å²) in [5.41, 5.74) is 6.91. The molecule has 6 rings (SSSR count). The summed E-state index contributed by atoms with van der Waals surface area (Å²) in [5, 5.41) is 12.4. The third-order valence-electron chi connectivity index (χ3n) is 5.92. The molecule has 2 unspecified atom stereocenters. The normalized spacial score (nSPS) is 17.8. The second-order valence-electron chi connectivity index (χ2n) is 7.85. The van der Waals surface area contributed by atoms with Crippen LogP contribution in [0.25, 0.3) is 33.6 Å². The van der Waals surface area contributed by atoms with E-state index in [-0.39, 0.29) is 49.8 Å². The van der Waals surface area contributed by atoms with Crippen molar-refractivity contribution in [3.63, 3.8) is 0 Å². The Kier molecular flexibility index (Phi) is 6.71. The van der Waals surface area contributed by atoms with Crippen molar-refractivity contribution in [3.8, 4) is 0 Å². The van der Waals surface area contributed by atoms with Crippen LogP contribution < -0.4 is 37.7 Å². The Hall–Kier alpha value is -2.59. The second kappa shape index (κ2) is 9.50. The van der Waals surface area contributed by atoms with E-state index < -0.39 is 0 Å². The van der Waals surface area contributed by atoms with Gasteiger partial charge in [0.25, 0.3) is 0 Å². The quantitative estimate of drug-likeness (QED) is 0.464. The molecule has 144 valence electrons. The van der Waals surface area contributed by atoms with Gasteiger partial charge in [-0.1, -0.05) is 132 Å². The average Bonchev–Trinajstić information content (AvgIpc) is 2.82. The molecule has 2 nitrogen and oxygen atoms in total. The molecule has 0 fully saturated rings. The molecule has 0 saturated heterocycles. The summed E-state index contributed by atoms with van der Waals surface area (Å²) in [4.78, 5) is 0.